The van der Waals surface area contributed by atoms with Crippen molar-refractivity contribution in [3.63, 3.8) is 0 Å². The van der Waals surface area contributed by atoms with E-state index in [1.165, 1.54) is 0 Å². The molecule has 5 nitrogen and oxygen atoms in total. The minimum absolute atomic E-state index is 0.222. The van der Waals surface area contributed by atoms with Crippen LogP contribution < -0.4 is 0 Å². The van der Waals surface area contributed by atoms with Crippen molar-refractivity contribution in [2.24, 2.45) is 0 Å². The number of carbonyl (C=O) groups excluding carboxylic acids is 1. The molecule has 1 N–H and O–H groups in total. The smallest absolute Gasteiger partial charge is 0.316 e. The molecule has 0 spiro atoms. The molecular weight excluding hydrogens is 226 g/mol. The zero-order chi connectivity index (χ0) is 11.3. The van der Waals surface area contributed by atoms with E-state index < -0.39 is 0 Å². The van der Waals surface area contributed by atoms with Gasteiger partial charge in [0.05, 0.1) is 12.6 Å². The molecule has 3 heterocycles. The van der Waals surface area contributed by atoms with Crippen molar-refractivity contribution >= 4 is 22.9 Å². The van der Waals surface area contributed by atoms with Gasteiger partial charge in [-0.25, -0.2) is 9.78 Å². The average Bonchev–Trinajstić information content (AvgIpc) is 2.79. The predicted octanol–water partition coefficient (Wildman–Crippen LogP) is 1.34. The molecule has 1 aromatic heterocycles. The molecule has 2 amide bonds. The van der Waals surface area contributed by atoms with Crippen LogP contribution in [0.15, 0.2) is 12.3 Å². The van der Waals surface area contributed by atoms with Crippen molar-refractivity contribution in [3.05, 3.63) is 22.2 Å². The van der Waals surface area contributed by atoms with Crippen LogP contribution in [-0.2, 0) is 0 Å². The van der Waals surface area contributed by atoms with E-state index in [1.54, 1.807) is 16.2 Å². The number of amides is 2. The third kappa shape index (κ3) is 1.34. The molecule has 84 valence electrons. The fraction of sp³-hybridized carbons (Fsp3) is 0.400. The normalized spacial score (nSPS) is 24.0. The summed E-state index contributed by atoms with van der Waals surface area (Å²) in [5.41, 5.74) is 1.03. The summed E-state index contributed by atoms with van der Waals surface area (Å²) in [5.74, 6) is 0. The van der Waals surface area contributed by atoms with Crippen molar-refractivity contribution in [2.45, 2.75) is 13.0 Å². The Morgan fingerprint density at radius 2 is 2.44 bits per heavy atom. The van der Waals surface area contributed by atoms with Crippen molar-refractivity contribution in [3.8, 4) is 0 Å². The Morgan fingerprint density at radius 3 is 3.06 bits per heavy atom. The standard InChI is InChI=1S/C10H11N3O2S/c1-6-3-11-9(16-6)7-2-8-5-12(4-7)10(14)13(8)15/h2-3,8,15H,4-5H2,1H3. The lowest BCUT2D eigenvalue weighted by Crippen LogP contribution is -2.30. The fourth-order valence-corrected chi connectivity index (χ4v) is 2.84. The monoisotopic (exact) mass is 237 g/mol. The molecule has 16 heavy (non-hydrogen) atoms. The molecule has 1 saturated heterocycles. The van der Waals surface area contributed by atoms with Gasteiger partial charge in [0.15, 0.2) is 0 Å². The van der Waals surface area contributed by atoms with Gasteiger partial charge in [0.1, 0.15) is 5.01 Å². The molecule has 3 rings (SSSR count). The molecule has 1 atom stereocenters. The highest BCUT2D eigenvalue weighted by Crippen LogP contribution is 2.29. The molecule has 0 saturated carbocycles. The molecule has 1 aromatic rings. The number of hydroxylamine groups is 2. The highest BCUT2D eigenvalue weighted by Gasteiger charge is 2.39. The third-order valence-electron chi connectivity index (χ3n) is 2.84. The van der Waals surface area contributed by atoms with E-state index in [-0.39, 0.29) is 12.1 Å². The highest BCUT2D eigenvalue weighted by molar-refractivity contribution is 7.12. The van der Waals surface area contributed by atoms with Gasteiger partial charge in [0.2, 0.25) is 0 Å². The number of urea groups is 1. The van der Waals surface area contributed by atoms with E-state index >= 15 is 0 Å². The van der Waals surface area contributed by atoms with E-state index in [0.29, 0.717) is 13.1 Å². The van der Waals surface area contributed by atoms with Crippen molar-refractivity contribution in [1.82, 2.24) is 14.9 Å². The number of aryl methyl sites for hydroxylation is 1. The van der Waals surface area contributed by atoms with E-state index in [4.69, 9.17) is 0 Å². The second kappa shape index (κ2) is 3.29. The van der Waals surface area contributed by atoms with Crippen LogP contribution in [0.3, 0.4) is 0 Å². The summed E-state index contributed by atoms with van der Waals surface area (Å²) < 4.78 is 0. The van der Waals surface area contributed by atoms with Crippen LogP contribution in [0.1, 0.15) is 9.88 Å². The van der Waals surface area contributed by atoms with E-state index in [2.05, 4.69) is 4.98 Å². The van der Waals surface area contributed by atoms with Gasteiger partial charge < -0.3 is 4.90 Å². The molecule has 0 aliphatic carbocycles. The van der Waals surface area contributed by atoms with Crippen LogP contribution in [0.4, 0.5) is 4.79 Å². The third-order valence-corrected chi connectivity index (χ3v) is 3.83. The molecule has 6 heteroatoms. The van der Waals surface area contributed by atoms with Crippen molar-refractivity contribution in [1.29, 1.82) is 0 Å². The minimum Gasteiger partial charge on any atom is -0.316 e. The number of fused-ring (bicyclic) bond motifs is 2. The molecular formula is C10H11N3O2S. The molecule has 1 fully saturated rings. The average molecular weight is 237 g/mol. The van der Waals surface area contributed by atoms with Crippen molar-refractivity contribution in [2.75, 3.05) is 13.1 Å². The van der Waals surface area contributed by atoms with Gasteiger partial charge in [-0.1, -0.05) is 0 Å². The number of thiazole rings is 1. The topological polar surface area (TPSA) is 56.7 Å². The van der Waals surface area contributed by atoms with Crippen LogP contribution in [0.5, 0.6) is 0 Å². The molecule has 2 aliphatic rings. The van der Waals surface area contributed by atoms with Crippen LogP contribution in [0.25, 0.3) is 5.57 Å². The lowest BCUT2D eigenvalue weighted by molar-refractivity contribution is -0.0450. The number of carbonyl (C=O) groups is 1. The van der Waals surface area contributed by atoms with E-state index in [0.717, 1.165) is 20.5 Å². The first-order chi connectivity index (χ1) is 7.65. The second-order valence-corrected chi connectivity index (χ2v) is 5.28. The Morgan fingerprint density at radius 1 is 1.62 bits per heavy atom. The summed E-state index contributed by atoms with van der Waals surface area (Å²) >= 11 is 1.61. The maximum Gasteiger partial charge on any atom is 0.344 e. The zero-order valence-electron chi connectivity index (χ0n) is 8.75. The van der Waals surface area contributed by atoms with E-state index in [9.17, 15) is 10.0 Å². The van der Waals surface area contributed by atoms with Gasteiger partial charge in [0.25, 0.3) is 0 Å². The number of hydrogen-bond acceptors (Lipinski definition) is 4. The first-order valence-electron chi connectivity index (χ1n) is 5.05. The highest BCUT2D eigenvalue weighted by atomic mass is 32.1. The first kappa shape index (κ1) is 9.80. The maximum atomic E-state index is 11.5. The van der Waals surface area contributed by atoms with Crippen LogP contribution in [0.2, 0.25) is 0 Å². The Hall–Kier alpha value is -1.40. The molecule has 1 unspecified atom stereocenters. The van der Waals surface area contributed by atoms with E-state index in [1.807, 2.05) is 19.2 Å². The number of rotatable bonds is 1. The summed E-state index contributed by atoms with van der Waals surface area (Å²) in [6.45, 7) is 3.12. The second-order valence-electron chi connectivity index (χ2n) is 4.04. The van der Waals surface area contributed by atoms with Crippen LogP contribution in [0, 0.1) is 6.92 Å². The molecule has 0 aromatic carbocycles. The SMILES string of the molecule is Cc1cnc(C2=CC3CN(C2)C(=O)N3O)s1. The quantitative estimate of drug-likeness (QED) is 0.750. The summed E-state index contributed by atoms with van der Waals surface area (Å²) in [6, 6.07) is -0.537. The Bertz CT molecular complexity index is 482. The molecule has 0 radical (unpaired) electrons. The predicted molar refractivity (Wildman–Crippen MR) is 59.2 cm³/mol. The Labute approximate surface area is 96.6 Å². The summed E-state index contributed by atoms with van der Waals surface area (Å²) in [5, 5.41) is 11.3. The summed E-state index contributed by atoms with van der Waals surface area (Å²) in [4.78, 5) is 18.6. The maximum absolute atomic E-state index is 11.5. The minimum atomic E-state index is -0.315. The van der Waals surface area contributed by atoms with Gasteiger partial charge in [-0.05, 0) is 13.0 Å². The summed E-state index contributed by atoms with van der Waals surface area (Å²) in [6.07, 6.45) is 3.75. The lowest BCUT2D eigenvalue weighted by Gasteiger charge is -2.19. The Balaban J connectivity index is 1.95. The zero-order valence-corrected chi connectivity index (χ0v) is 9.57. The first-order valence-corrected chi connectivity index (χ1v) is 5.87. The Kier molecular flexibility index (Phi) is 2.02. The van der Waals surface area contributed by atoms with Gasteiger partial charge in [-0.2, -0.15) is 5.06 Å². The van der Waals surface area contributed by atoms with Gasteiger partial charge in [-0.15, -0.1) is 11.3 Å². The molecule has 2 bridgehead atoms. The molecule has 2 aliphatic heterocycles. The largest absolute Gasteiger partial charge is 0.344 e. The lowest BCUT2D eigenvalue weighted by atomic mass is 10.1. The summed E-state index contributed by atoms with van der Waals surface area (Å²) in [7, 11) is 0. The van der Waals surface area contributed by atoms with Crippen LogP contribution in [-0.4, -0.2) is 45.3 Å². The number of aromatic nitrogens is 1. The number of nitrogens with zero attached hydrogens (tertiary/aromatic N) is 3. The van der Waals surface area contributed by atoms with Gasteiger partial charge in [-0.3, -0.25) is 5.21 Å². The van der Waals surface area contributed by atoms with Gasteiger partial charge in [0, 0.05) is 23.2 Å². The fourth-order valence-electron chi connectivity index (χ4n) is 2.06. The number of hydrogen-bond donors (Lipinski definition) is 1. The van der Waals surface area contributed by atoms with Gasteiger partial charge >= 0.3 is 6.03 Å². The van der Waals surface area contributed by atoms with Crippen LogP contribution >= 0.6 is 11.3 Å². The van der Waals surface area contributed by atoms with Crippen molar-refractivity contribution < 1.29 is 10.0 Å².